The molecule has 0 atom stereocenters. The lowest BCUT2D eigenvalue weighted by molar-refractivity contribution is 0.620. The van der Waals surface area contributed by atoms with E-state index in [2.05, 4.69) is 102 Å². The van der Waals surface area contributed by atoms with Crippen LogP contribution in [0.25, 0.3) is 117 Å². The first kappa shape index (κ1) is 33.0. The van der Waals surface area contributed by atoms with Gasteiger partial charge in [0.1, 0.15) is 16.7 Å². The second kappa shape index (κ2) is 13.2. The number of benzene rings is 8. The van der Waals surface area contributed by atoms with E-state index in [0.29, 0.717) is 23.4 Å². The predicted molar refractivity (Wildman–Crippen MR) is 236 cm³/mol. The fraction of sp³-hybridized carbons (Fsp3) is 0. The van der Waals surface area contributed by atoms with Crippen LogP contribution in [-0.2, 0) is 0 Å². The minimum atomic E-state index is 0.563. The molecule has 0 amide bonds. The minimum Gasteiger partial charge on any atom is -0.456 e. The molecular formula is C52H31N5O2. The summed E-state index contributed by atoms with van der Waals surface area (Å²) in [6, 6.07) is 64.0. The Morgan fingerprint density at radius 3 is 1.78 bits per heavy atom. The van der Waals surface area contributed by atoms with Gasteiger partial charge in [-0.2, -0.15) is 0 Å². The lowest BCUT2D eigenvalue weighted by Gasteiger charge is -2.11. The van der Waals surface area contributed by atoms with E-state index < -0.39 is 0 Å². The molecule has 0 bridgehead atoms. The summed E-state index contributed by atoms with van der Waals surface area (Å²) in [5, 5.41) is 4.11. The fourth-order valence-corrected chi connectivity index (χ4v) is 8.40. The van der Waals surface area contributed by atoms with Crippen LogP contribution in [-0.4, -0.2) is 24.5 Å². The molecule has 0 aliphatic heterocycles. The van der Waals surface area contributed by atoms with Crippen molar-refractivity contribution in [2.24, 2.45) is 0 Å². The van der Waals surface area contributed by atoms with Gasteiger partial charge in [-0.25, -0.2) is 19.9 Å². The van der Waals surface area contributed by atoms with Crippen LogP contribution >= 0.6 is 0 Å². The van der Waals surface area contributed by atoms with E-state index in [-0.39, 0.29) is 0 Å². The summed E-state index contributed by atoms with van der Waals surface area (Å²) in [5.74, 6) is 2.35. The molecule has 0 saturated heterocycles. The van der Waals surface area contributed by atoms with Crippen molar-refractivity contribution in [1.29, 1.82) is 0 Å². The first-order chi connectivity index (χ1) is 29.2. The van der Waals surface area contributed by atoms with E-state index in [1.54, 1.807) is 0 Å². The van der Waals surface area contributed by atoms with Crippen LogP contribution in [0.1, 0.15) is 0 Å². The number of oxazole rings is 1. The molecule has 0 radical (unpaired) electrons. The van der Waals surface area contributed by atoms with Crippen molar-refractivity contribution in [2.45, 2.75) is 0 Å². The van der Waals surface area contributed by atoms with Gasteiger partial charge >= 0.3 is 0 Å². The van der Waals surface area contributed by atoms with Crippen molar-refractivity contribution < 1.29 is 8.83 Å². The first-order valence-corrected chi connectivity index (χ1v) is 19.5. The second-order valence-corrected chi connectivity index (χ2v) is 14.6. The third-order valence-electron chi connectivity index (χ3n) is 11.1. The summed E-state index contributed by atoms with van der Waals surface area (Å²) in [6.07, 6.45) is 0. The molecule has 0 aliphatic carbocycles. The smallest absolute Gasteiger partial charge is 0.227 e. The van der Waals surface area contributed by atoms with Crippen LogP contribution < -0.4 is 0 Å². The van der Waals surface area contributed by atoms with Gasteiger partial charge in [-0.1, -0.05) is 121 Å². The molecule has 12 rings (SSSR count). The molecule has 4 heterocycles. The molecule has 8 aromatic carbocycles. The fourth-order valence-electron chi connectivity index (χ4n) is 8.40. The number of para-hydroxylation sites is 2. The summed E-state index contributed by atoms with van der Waals surface area (Å²) in [7, 11) is 0. The van der Waals surface area contributed by atoms with Gasteiger partial charge in [-0.05, 0) is 77.9 Å². The van der Waals surface area contributed by atoms with Crippen LogP contribution in [0.2, 0.25) is 0 Å². The third-order valence-corrected chi connectivity index (χ3v) is 11.1. The molecule has 0 spiro atoms. The first-order valence-electron chi connectivity index (χ1n) is 19.5. The van der Waals surface area contributed by atoms with Crippen LogP contribution in [0.15, 0.2) is 197 Å². The Morgan fingerprint density at radius 1 is 0.356 bits per heavy atom. The molecule has 0 N–H and O–H groups in total. The van der Waals surface area contributed by atoms with E-state index in [1.807, 2.05) is 91.0 Å². The molecule has 12 aromatic rings. The van der Waals surface area contributed by atoms with Crippen molar-refractivity contribution in [3.05, 3.63) is 188 Å². The van der Waals surface area contributed by atoms with E-state index >= 15 is 0 Å². The summed E-state index contributed by atoms with van der Waals surface area (Å²) in [5.41, 5.74) is 12.0. The third kappa shape index (κ3) is 5.44. The molecule has 276 valence electrons. The van der Waals surface area contributed by atoms with Crippen molar-refractivity contribution >= 4 is 54.8 Å². The molecule has 7 heteroatoms. The quantitative estimate of drug-likeness (QED) is 0.168. The van der Waals surface area contributed by atoms with E-state index in [0.717, 1.165) is 93.9 Å². The van der Waals surface area contributed by atoms with Gasteiger partial charge in [-0.15, -0.1) is 0 Å². The molecule has 0 aliphatic rings. The Morgan fingerprint density at radius 2 is 0.983 bits per heavy atom. The van der Waals surface area contributed by atoms with E-state index in [9.17, 15) is 0 Å². The summed E-state index contributed by atoms with van der Waals surface area (Å²) in [6.45, 7) is 0. The van der Waals surface area contributed by atoms with Gasteiger partial charge in [0.25, 0.3) is 0 Å². The zero-order chi connectivity index (χ0) is 38.9. The van der Waals surface area contributed by atoms with Gasteiger partial charge in [0.15, 0.2) is 23.1 Å². The number of aromatic nitrogens is 5. The molecule has 59 heavy (non-hydrogen) atoms. The summed E-state index contributed by atoms with van der Waals surface area (Å²) in [4.78, 5) is 20.5. The van der Waals surface area contributed by atoms with Gasteiger partial charge in [0.05, 0.1) is 11.0 Å². The van der Waals surface area contributed by atoms with Crippen LogP contribution in [0, 0.1) is 0 Å². The number of fused-ring (bicyclic) bond motifs is 7. The van der Waals surface area contributed by atoms with Crippen molar-refractivity contribution in [2.75, 3.05) is 0 Å². The zero-order valence-corrected chi connectivity index (χ0v) is 31.5. The van der Waals surface area contributed by atoms with Gasteiger partial charge in [-0.3, -0.25) is 0 Å². The maximum Gasteiger partial charge on any atom is 0.227 e. The maximum absolute atomic E-state index is 6.51. The number of furan rings is 1. The molecule has 0 fully saturated rings. The topological polar surface area (TPSA) is 82.8 Å². The molecule has 7 nitrogen and oxygen atoms in total. The number of rotatable bonds is 6. The van der Waals surface area contributed by atoms with Crippen molar-refractivity contribution in [1.82, 2.24) is 24.5 Å². The zero-order valence-electron chi connectivity index (χ0n) is 31.5. The minimum absolute atomic E-state index is 0.563. The Kier molecular flexibility index (Phi) is 7.40. The summed E-state index contributed by atoms with van der Waals surface area (Å²) < 4.78 is 15.1. The number of hydrogen-bond acceptors (Lipinski definition) is 6. The van der Waals surface area contributed by atoms with Crippen molar-refractivity contribution in [3.63, 3.8) is 0 Å². The highest BCUT2D eigenvalue weighted by Crippen LogP contribution is 2.41. The highest BCUT2D eigenvalue weighted by Gasteiger charge is 2.22. The van der Waals surface area contributed by atoms with E-state index in [1.165, 1.54) is 0 Å². The molecule has 0 saturated carbocycles. The van der Waals surface area contributed by atoms with Crippen LogP contribution in [0.4, 0.5) is 0 Å². The SMILES string of the molecule is c1ccc(-c2nc(-c3cccc4oc5ccc(-c6ccc7nc(-c8ccccc8)oc7c6)cc5c34)nc(-c3cccc4c3c3ccccc3n4-c3ccccc3)n2)cc1. The largest absolute Gasteiger partial charge is 0.456 e. The highest BCUT2D eigenvalue weighted by atomic mass is 16.3. The second-order valence-electron chi connectivity index (χ2n) is 14.6. The van der Waals surface area contributed by atoms with Crippen LogP contribution in [0.3, 0.4) is 0 Å². The maximum atomic E-state index is 6.51. The molecule has 4 aromatic heterocycles. The average molecular weight is 758 g/mol. The monoisotopic (exact) mass is 757 g/mol. The number of nitrogens with zero attached hydrogens (tertiary/aromatic N) is 5. The lowest BCUT2D eigenvalue weighted by Crippen LogP contribution is -2.01. The normalized spacial score (nSPS) is 11.7. The lowest BCUT2D eigenvalue weighted by atomic mass is 10.00. The van der Waals surface area contributed by atoms with Crippen LogP contribution in [0.5, 0.6) is 0 Å². The van der Waals surface area contributed by atoms with E-state index in [4.69, 9.17) is 28.8 Å². The Bertz CT molecular complexity index is 3550. The van der Waals surface area contributed by atoms with Gasteiger partial charge in [0, 0.05) is 49.5 Å². The van der Waals surface area contributed by atoms with Gasteiger partial charge in [0.2, 0.25) is 5.89 Å². The standard InChI is InChI=1S/C52H31N5O2/c1-4-14-32(15-5-1)49-54-50(38-21-12-24-43-47(38)37-20-10-11-23-42(37)57(43)36-18-8-3-9-19-36)56-51(55-49)39-22-13-25-45-48(39)40-30-34(27-29-44(40)58-45)35-26-28-41-46(31-35)59-52(53-41)33-16-6-2-7-17-33/h1-31H. The van der Waals surface area contributed by atoms with Gasteiger partial charge < -0.3 is 13.4 Å². The Hall–Kier alpha value is -8.16. The molecular weight excluding hydrogens is 727 g/mol. The Balaban J connectivity index is 1.05. The predicted octanol–water partition coefficient (Wildman–Crippen LogP) is 13.3. The summed E-state index contributed by atoms with van der Waals surface area (Å²) >= 11 is 0. The van der Waals surface area contributed by atoms with Crippen molar-refractivity contribution in [3.8, 4) is 62.4 Å². The average Bonchev–Trinajstić information content (AvgIpc) is 4.01. The molecule has 0 unspecified atom stereocenters. The number of hydrogen-bond donors (Lipinski definition) is 0. The highest BCUT2D eigenvalue weighted by molar-refractivity contribution is 6.16. The Labute approximate surface area is 337 Å².